The average Bonchev–Trinajstić information content (AvgIpc) is 2.17. The van der Waals surface area contributed by atoms with Gasteiger partial charge in [-0.3, -0.25) is 9.69 Å². The van der Waals surface area contributed by atoms with Crippen molar-refractivity contribution in [1.29, 1.82) is 0 Å². The van der Waals surface area contributed by atoms with Crippen LogP contribution < -0.4 is 5.32 Å². The first-order valence-electron chi connectivity index (χ1n) is 3.49. The van der Waals surface area contributed by atoms with E-state index in [4.69, 9.17) is 0 Å². The first-order valence-corrected chi connectivity index (χ1v) is 3.49. The van der Waals surface area contributed by atoms with Crippen molar-refractivity contribution in [1.82, 2.24) is 15.1 Å². The zero-order chi connectivity index (χ0) is 9.30. The maximum Gasteiger partial charge on any atom is 0.328 e. The van der Waals surface area contributed by atoms with Gasteiger partial charge in [0, 0.05) is 27.3 Å². The molecule has 1 aliphatic heterocycles. The largest absolute Gasteiger partial charge is 0.382 e. The molecule has 0 bridgehead atoms. The van der Waals surface area contributed by atoms with Gasteiger partial charge in [-0.15, -0.1) is 0 Å². The van der Waals surface area contributed by atoms with Gasteiger partial charge in [0.15, 0.2) is 0 Å². The quantitative estimate of drug-likeness (QED) is 0.428. The highest BCUT2D eigenvalue weighted by Gasteiger charge is 2.29. The Morgan fingerprint density at radius 3 is 2.33 bits per heavy atom. The monoisotopic (exact) mass is 169 g/mol. The molecule has 5 nitrogen and oxygen atoms in total. The molecule has 0 aromatic carbocycles. The second-order valence-electron chi connectivity index (χ2n) is 2.80. The molecule has 1 saturated heterocycles. The molecule has 1 N–H and O–H groups in total. The Morgan fingerprint density at radius 2 is 2.00 bits per heavy atom. The summed E-state index contributed by atoms with van der Waals surface area (Å²) in [6.45, 7) is 0. The van der Waals surface area contributed by atoms with E-state index in [0.29, 0.717) is 5.70 Å². The lowest BCUT2D eigenvalue weighted by Crippen LogP contribution is -2.25. The van der Waals surface area contributed by atoms with Gasteiger partial charge in [-0.25, -0.2) is 4.79 Å². The number of carbonyl (C=O) groups excluding carboxylic acids is 2. The van der Waals surface area contributed by atoms with Crippen LogP contribution >= 0.6 is 0 Å². The van der Waals surface area contributed by atoms with Gasteiger partial charge in [0.1, 0.15) is 5.70 Å². The van der Waals surface area contributed by atoms with E-state index < -0.39 is 0 Å². The van der Waals surface area contributed by atoms with E-state index in [2.05, 4.69) is 5.32 Å². The molecule has 1 rings (SSSR count). The average molecular weight is 169 g/mol. The lowest BCUT2D eigenvalue weighted by molar-refractivity contribution is -0.122. The van der Waals surface area contributed by atoms with E-state index in [1.54, 1.807) is 25.2 Å². The Balaban J connectivity index is 2.85. The van der Waals surface area contributed by atoms with E-state index in [-0.39, 0.29) is 11.9 Å². The first-order chi connectivity index (χ1) is 5.52. The predicted octanol–water partition coefficient (Wildman–Crippen LogP) is -0.429. The van der Waals surface area contributed by atoms with Crippen molar-refractivity contribution >= 4 is 11.9 Å². The summed E-state index contributed by atoms with van der Waals surface area (Å²) in [6.07, 6.45) is 1.57. The summed E-state index contributed by atoms with van der Waals surface area (Å²) >= 11 is 0. The van der Waals surface area contributed by atoms with Crippen LogP contribution in [0.5, 0.6) is 0 Å². The normalized spacial score (nSPS) is 20.2. The summed E-state index contributed by atoms with van der Waals surface area (Å²) in [5, 5.41) is 2.44. The fraction of sp³-hybridized carbons (Fsp3) is 0.429. The number of imide groups is 1. The summed E-state index contributed by atoms with van der Waals surface area (Å²) in [5.41, 5.74) is 0.313. The molecular weight excluding hydrogens is 158 g/mol. The van der Waals surface area contributed by atoms with Gasteiger partial charge in [-0.1, -0.05) is 0 Å². The van der Waals surface area contributed by atoms with Crippen LogP contribution in [0.25, 0.3) is 0 Å². The maximum atomic E-state index is 11.2. The molecular formula is C7H11N3O2. The first kappa shape index (κ1) is 8.58. The third-order valence-electron chi connectivity index (χ3n) is 1.47. The summed E-state index contributed by atoms with van der Waals surface area (Å²) in [6, 6.07) is -0.381. The van der Waals surface area contributed by atoms with Crippen molar-refractivity contribution in [2.45, 2.75) is 0 Å². The minimum atomic E-state index is -0.381. The van der Waals surface area contributed by atoms with Crippen molar-refractivity contribution in [3.63, 3.8) is 0 Å². The van der Waals surface area contributed by atoms with E-state index in [1.165, 1.54) is 7.05 Å². The van der Waals surface area contributed by atoms with Crippen LogP contribution in [0.4, 0.5) is 4.79 Å². The number of amides is 3. The Morgan fingerprint density at radius 1 is 1.42 bits per heavy atom. The van der Waals surface area contributed by atoms with Gasteiger partial charge in [0.2, 0.25) is 0 Å². The zero-order valence-corrected chi connectivity index (χ0v) is 7.29. The molecule has 0 radical (unpaired) electrons. The molecule has 5 heteroatoms. The number of urea groups is 1. The standard InChI is InChI=1S/C7H11N3O2/c1-9(2)4-5-6(11)10(3)7(12)8-5/h4H,1-3H3,(H,8,12). The van der Waals surface area contributed by atoms with E-state index in [1.807, 2.05) is 0 Å². The molecule has 3 amide bonds. The summed E-state index contributed by atoms with van der Waals surface area (Å²) in [4.78, 5) is 24.8. The molecule has 0 atom stereocenters. The van der Waals surface area contributed by atoms with Gasteiger partial charge in [0.05, 0.1) is 0 Å². The second-order valence-corrected chi connectivity index (χ2v) is 2.80. The molecule has 12 heavy (non-hydrogen) atoms. The lowest BCUT2D eigenvalue weighted by Gasteiger charge is -2.04. The smallest absolute Gasteiger partial charge is 0.328 e. The molecule has 0 unspecified atom stereocenters. The molecule has 0 aliphatic carbocycles. The number of nitrogens with one attached hydrogen (secondary N) is 1. The highest BCUT2D eigenvalue weighted by atomic mass is 16.2. The SMILES string of the molecule is CN(C)C=C1NC(=O)N(C)C1=O. The van der Waals surface area contributed by atoms with Gasteiger partial charge in [-0.2, -0.15) is 0 Å². The minimum absolute atomic E-state index is 0.297. The lowest BCUT2D eigenvalue weighted by atomic mass is 10.4. The van der Waals surface area contributed by atoms with E-state index >= 15 is 0 Å². The Hall–Kier alpha value is -1.52. The zero-order valence-electron chi connectivity index (χ0n) is 7.29. The van der Waals surface area contributed by atoms with Crippen LogP contribution in [-0.2, 0) is 4.79 Å². The van der Waals surface area contributed by atoms with E-state index in [9.17, 15) is 9.59 Å². The van der Waals surface area contributed by atoms with Crippen molar-refractivity contribution in [2.75, 3.05) is 21.1 Å². The molecule has 1 fully saturated rings. The van der Waals surface area contributed by atoms with Crippen LogP contribution in [0.1, 0.15) is 0 Å². The van der Waals surface area contributed by atoms with Crippen molar-refractivity contribution in [3.8, 4) is 0 Å². The molecule has 0 spiro atoms. The molecule has 0 aromatic rings. The van der Waals surface area contributed by atoms with E-state index in [0.717, 1.165) is 4.90 Å². The number of hydrogen-bond acceptors (Lipinski definition) is 3. The Labute approximate surface area is 70.6 Å². The third kappa shape index (κ3) is 1.39. The highest BCUT2D eigenvalue weighted by molar-refractivity contribution is 6.11. The van der Waals surface area contributed by atoms with Crippen molar-refractivity contribution in [3.05, 3.63) is 11.9 Å². The van der Waals surface area contributed by atoms with Crippen LogP contribution in [0.15, 0.2) is 11.9 Å². The topological polar surface area (TPSA) is 52.7 Å². The fourth-order valence-corrected chi connectivity index (χ4v) is 0.871. The van der Waals surface area contributed by atoms with Crippen molar-refractivity contribution in [2.24, 2.45) is 0 Å². The maximum absolute atomic E-state index is 11.2. The summed E-state index contributed by atoms with van der Waals surface area (Å²) in [7, 11) is 5.00. The van der Waals surface area contributed by atoms with Crippen LogP contribution in [0, 0.1) is 0 Å². The van der Waals surface area contributed by atoms with Crippen LogP contribution in [0.3, 0.4) is 0 Å². The van der Waals surface area contributed by atoms with Gasteiger partial charge in [0.25, 0.3) is 5.91 Å². The van der Waals surface area contributed by atoms with Crippen LogP contribution in [0.2, 0.25) is 0 Å². The van der Waals surface area contributed by atoms with Crippen molar-refractivity contribution < 1.29 is 9.59 Å². The molecule has 66 valence electrons. The number of likely N-dealkylation sites (N-methyl/N-ethyl adjacent to an activating group) is 1. The molecule has 1 aliphatic rings. The number of rotatable bonds is 1. The summed E-state index contributed by atoms with van der Waals surface area (Å²) in [5.74, 6) is -0.297. The Bertz CT molecular complexity index is 257. The Kier molecular flexibility index (Phi) is 2.03. The summed E-state index contributed by atoms with van der Waals surface area (Å²) < 4.78 is 0. The number of carbonyl (C=O) groups is 2. The predicted molar refractivity (Wildman–Crippen MR) is 43.1 cm³/mol. The third-order valence-corrected chi connectivity index (χ3v) is 1.47. The second kappa shape index (κ2) is 2.84. The molecule has 1 heterocycles. The minimum Gasteiger partial charge on any atom is -0.382 e. The van der Waals surface area contributed by atoms with Gasteiger partial charge in [-0.05, 0) is 0 Å². The number of nitrogens with zero attached hydrogens (tertiary/aromatic N) is 2. The fourth-order valence-electron chi connectivity index (χ4n) is 0.871. The number of hydrogen-bond donors (Lipinski definition) is 1. The van der Waals surface area contributed by atoms with Gasteiger partial charge >= 0.3 is 6.03 Å². The highest BCUT2D eigenvalue weighted by Crippen LogP contribution is 2.06. The molecule has 0 saturated carbocycles. The van der Waals surface area contributed by atoms with Crippen LogP contribution in [-0.4, -0.2) is 42.9 Å². The molecule has 0 aromatic heterocycles. The van der Waals surface area contributed by atoms with Gasteiger partial charge < -0.3 is 10.2 Å².